The van der Waals surface area contributed by atoms with Crippen LogP contribution in [0, 0.1) is 0 Å². The molecular weight excluding hydrogens is 340 g/mol. The van der Waals surface area contributed by atoms with E-state index in [-0.39, 0.29) is 28.0 Å². The Kier molecular flexibility index (Phi) is 5.53. The molecule has 0 aliphatic rings. The standard InChI is InChI=1S/C10H15BrN2O5S/c1-3-17-6(2)5-13-10(14)7-4-8(9(11)18-7)19(12,15)16/h4,6H,3,5H2,1-2H3,(H,13,14)(H2,12,15,16). The summed E-state index contributed by atoms with van der Waals surface area (Å²) >= 11 is 2.90. The number of hydrogen-bond acceptors (Lipinski definition) is 5. The lowest BCUT2D eigenvalue weighted by Gasteiger charge is -2.11. The number of ether oxygens (including phenoxy) is 1. The molecule has 0 fully saturated rings. The number of carbonyl (C=O) groups excluding carboxylic acids is 1. The summed E-state index contributed by atoms with van der Waals surface area (Å²) in [6.45, 7) is 4.48. The van der Waals surface area contributed by atoms with Crippen molar-refractivity contribution in [1.29, 1.82) is 0 Å². The number of rotatable bonds is 6. The Morgan fingerprint density at radius 2 is 2.26 bits per heavy atom. The van der Waals surface area contributed by atoms with Crippen LogP contribution in [-0.2, 0) is 14.8 Å². The van der Waals surface area contributed by atoms with Crippen molar-refractivity contribution in [2.24, 2.45) is 5.14 Å². The van der Waals surface area contributed by atoms with Crippen molar-refractivity contribution in [3.05, 3.63) is 16.5 Å². The van der Waals surface area contributed by atoms with Gasteiger partial charge in [0.25, 0.3) is 5.91 Å². The maximum absolute atomic E-state index is 11.7. The predicted molar refractivity (Wildman–Crippen MR) is 71.2 cm³/mol. The highest BCUT2D eigenvalue weighted by Crippen LogP contribution is 2.24. The Morgan fingerprint density at radius 1 is 1.63 bits per heavy atom. The number of furan rings is 1. The summed E-state index contributed by atoms with van der Waals surface area (Å²) in [4.78, 5) is 11.5. The van der Waals surface area contributed by atoms with Gasteiger partial charge < -0.3 is 14.5 Å². The summed E-state index contributed by atoms with van der Waals surface area (Å²) in [5, 5.41) is 7.52. The minimum Gasteiger partial charge on any atom is -0.443 e. The number of primary sulfonamides is 1. The van der Waals surface area contributed by atoms with Gasteiger partial charge in [-0.15, -0.1) is 0 Å². The highest BCUT2D eigenvalue weighted by molar-refractivity contribution is 9.10. The van der Waals surface area contributed by atoms with Crippen LogP contribution in [0.25, 0.3) is 0 Å². The van der Waals surface area contributed by atoms with E-state index in [9.17, 15) is 13.2 Å². The van der Waals surface area contributed by atoms with E-state index in [0.717, 1.165) is 6.07 Å². The second-order valence-electron chi connectivity index (χ2n) is 3.77. The van der Waals surface area contributed by atoms with Gasteiger partial charge in [0.1, 0.15) is 4.90 Å². The lowest BCUT2D eigenvalue weighted by atomic mass is 10.3. The summed E-state index contributed by atoms with van der Waals surface area (Å²) in [6, 6.07) is 1.07. The highest BCUT2D eigenvalue weighted by Gasteiger charge is 2.22. The molecule has 1 heterocycles. The Labute approximate surface area is 119 Å². The van der Waals surface area contributed by atoms with Crippen molar-refractivity contribution in [3.63, 3.8) is 0 Å². The van der Waals surface area contributed by atoms with E-state index in [1.807, 2.05) is 6.92 Å². The second kappa shape index (κ2) is 6.51. The number of nitrogens with two attached hydrogens (primary N) is 1. The molecule has 0 spiro atoms. The van der Waals surface area contributed by atoms with Gasteiger partial charge in [0.15, 0.2) is 10.4 Å². The fourth-order valence-corrected chi connectivity index (χ4v) is 2.83. The van der Waals surface area contributed by atoms with Crippen LogP contribution in [0.1, 0.15) is 24.4 Å². The third kappa shape index (κ3) is 4.60. The summed E-state index contributed by atoms with van der Waals surface area (Å²) < 4.78 is 32.5. The van der Waals surface area contributed by atoms with Gasteiger partial charge in [-0.2, -0.15) is 0 Å². The van der Waals surface area contributed by atoms with Crippen molar-refractivity contribution in [3.8, 4) is 0 Å². The molecule has 1 unspecified atom stereocenters. The molecule has 0 aliphatic carbocycles. The Balaban J connectivity index is 2.74. The molecule has 1 aromatic heterocycles. The van der Waals surface area contributed by atoms with Gasteiger partial charge in [-0.05, 0) is 29.8 Å². The number of sulfonamides is 1. The first-order valence-corrected chi connectivity index (χ1v) is 7.81. The summed E-state index contributed by atoms with van der Waals surface area (Å²) in [5.41, 5.74) is 0. The van der Waals surface area contributed by atoms with E-state index in [0.29, 0.717) is 6.61 Å². The van der Waals surface area contributed by atoms with E-state index in [2.05, 4.69) is 21.2 Å². The van der Waals surface area contributed by atoms with E-state index in [1.165, 1.54) is 0 Å². The molecule has 108 valence electrons. The van der Waals surface area contributed by atoms with Crippen molar-refractivity contribution >= 4 is 31.9 Å². The van der Waals surface area contributed by atoms with Crippen LogP contribution in [0.4, 0.5) is 0 Å². The summed E-state index contributed by atoms with van der Waals surface area (Å²) in [7, 11) is -3.93. The lowest BCUT2D eigenvalue weighted by Crippen LogP contribution is -2.31. The number of nitrogens with one attached hydrogen (secondary N) is 1. The molecule has 1 rings (SSSR count). The zero-order chi connectivity index (χ0) is 14.6. The van der Waals surface area contributed by atoms with E-state index in [4.69, 9.17) is 14.3 Å². The first-order chi connectivity index (χ1) is 8.75. The van der Waals surface area contributed by atoms with Crippen LogP contribution in [0.2, 0.25) is 0 Å². The normalized spacial score (nSPS) is 13.3. The molecule has 0 saturated carbocycles. The first kappa shape index (κ1) is 16.2. The number of hydrogen-bond donors (Lipinski definition) is 2. The Hall–Kier alpha value is -0.900. The third-order valence-electron chi connectivity index (χ3n) is 2.19. The molecule has 1 atom stereocenters. The largest absolute Gasteiger partial charge is 0.443 e. The van der Waals surface area contributed by atoms with E-state index < -0.39 is 15.9 Å². The molecule has 1 aromatic rings. The average Bonchev–Trinajstić information content (AvgIpc) is 2.68. The van der Waals surface area contributed by atoms with Crippen LogP contribution < -0.4 is 10.5 Å². The molecule has 0 saturated heterocycles. The van der Waals surface area contributed by atoms with E-state index in [1.54, 1.807) is 6.92 Å². The summed E-state index contributed by atoms with van der Waals surface area (Å²) in [5.74, 6) is -0.679. The second-order valence-corrected chi connectivity index (χ2v) is 6.02. The molecule has 3 N–H and O–H groups in total. The molecule has 0 radical (unpaired) electrons. The molecule has 19 heavy (non-hydrogen) atoms. The zero-order valence-corrected chi connectivity index (χ0v) is 12.9. The molecule has 0 bridgehead atoms. The number of amides is 1. The van der Waals surface area contributed by atoms with Gasteiger partial charge in [-0.3, -0.25) is 4.79 Å². The van der Waals surface area contributed by atoms with Gasteiger partial charge in [0, 0.05) is 19.2 Å². The van der Waals surface area contributed by atoms with Crippen molar-refractivity contribution in [1.82, 2.24) is 5.32 Å². The van der Waals surface area contributed by atoms with Crippen LogP contribution >= 0.6 is 15.9 Å². The monoisotopic (exact) mass is 354 g/mol. The lowest BCUT2D eigenvalue weighted by molar-refractivity contribution is 0.0684. The average molecular weight is 355 g/mol. The molecule has 0 aliphatic heterocycles. The quantitative estimate of drug-likeness (QED) is 0.786. The minimum atomic E-state index is -3.93. The molecule has 7 nitrogen and oxygen atoms in total. The smallest absolute Gasteiger partial charge is 0.287 e. The predicted octanol–water partition coefficient (Wildman–Crippen LogP) is 0.844. The van der Waals surface area contributed by atoms with Gasteiger partial charge >= 0.3 is 0 Å². The Bertz CT molecular complexity index is 554. The van der Waals surface area contributed by atoms with Gasteiger partial charge in [0.2, 0.25) is 10.0 Å². The van der Waals surface area contributed by atoms with Crippen molar-refractivity contribution in [2.45, 2.75) is 24.8 Å². The van der Waals surface area contributed by atoms with Crippen LogP contribution in [0.15, 0.2) is 20.0 Å². The highest BCUT2D eigenvalue weighted by atomic mass is 79.9. The topological polar surface area (TPSA) is 112 Å². The maximum Gasteiger partial charge on any atom is 0.287 e. The first-order valence-electron chi connectivity index (χ1n) is 5.47. The number of carbonyl (C=O) groups is 1. The SMILES string of the molecule is CCOC(C)CNC(=O)c1cc(S(N)(=O)=O)c(Br)o1. The minimum absolute atomic E-state index is 0.0991. The molecule has 0 aromatic carbocycles. The molecular formula is C10H15BrN2O5S. The molecule has 1 amide bonds. The fourth-order valence-electron chi connectivity index (χ4n) is 1.32. The van der Waals surface area contributed by atoms with Gasteiger partial charge in [-0.25, -0.2) is 13.6 Å². The van der Waals surface area contributed by atoms with Crippen LogP contribution in [0.5, 0.6) is 0 Å². The van der Waals surface area contributed by atoms with E-state index >= 15 is 0 Å². The fraction of sp³-hybridized carbons (Fsp3) is 0.500. The summed E-state index contributed by atoms with van der Waals surface area (Å²) in [6.07, 6.45) is -0.148. The number of halogens is 1. The van der Waals surface area contributed by atoms with Gasteiger partial charge in [-0.1, -0.05) is 0 Å². The van der Waals surface area contributed by atoms with Gasteiger partial charge in [0.05, 0.1) is 6.10 Å². The van der Waals surface area contributed by atoms with Crippen LogP contribution in [-0.4, -0.2) is 33.6 Å². The zero-order valence-electron chi connectivity index (χ0n) is 10.5. The molecule has 9 heteroatoms. The maximum atomic E-state index is 11.7. The Morgan fingerprint density at radius 3 is 2.74 bits per heavy atom. The van der Waals surface area contributed by atoms with Crippen LogP contribution in [0.3, 0.4) is 0 Å². The van der Waals surface area contributed by atoms with Crippen molar-refractivity contribution in [2.75, 3.05) is 13.2 Å². The third-order valence-corrected chi connectivity index (χ3v) is 3.95. The van der Waals surface area contributed by atoms with Crippen molar-refractivity contribution < 1.29 is 22.4 Å².